The molecule has 2 N–H and O–H groups in total. The van der Waals surface area contributed by atoms with Gasteiger partial charge in [0.1, 0.15) is 5.02 Å². The molecular weight excluding hydrogens is 452 g/mol. The highest BCUT2D eigenvalue weighted by Gasteiger charge is 2.22. The van der Waals surface area contributed by atoms with Gasteiger partial charge in [-0.25, -0.2) is 13.4 Å². The molecule has 0 radical (unpaired) electrons. The molecule has 1 amide bonds. The van der Waals surface area contributed by atoms with Gasteiger partial charge in [-0.3, -0.25) is 19.6 Å². The lowest BCUT2D eigenvalue weighted by molar-refractivity contribution is -0.384. The molecule has 30 heavy (non-hydrogen) atoms. The third-order valence-electron chi connectivity index (χ3n) is 3.94. The van der Waals surface area contributed by atoms with E-state index in [1.54, 1.807) is 5.38 Å². The summed E-state index contributed by atoms with van der Waals surface area (Å²) in [6.45, 7) is 1.85. The van der Waals surface area contributed by atoms with Crippen molar-refractivity contribution in [3.8, 4) is 11.3 Å². The van der Waals surface area contributed by atoms with Crippen LogP contribution in [-0.2, 0) is 21.4 Å². The summed E-state index contributed by atoms with van der Waals surface area (Å²) < 4.78 is 27.4. The first-order valence-corrected chi connectivity index (χ1v) is 11.2. The number of rotatable bonds is 7. The van der Waals surface area contributed by atoms with E-state index >= 15 is 0 Å². The van der Waals surface area contributed by atoms with Crippen LogP contribution in [0.4, 0.5) is 10.8 Å². The molecule has 0 aliphatic heterocycles. The molecule has 0 bridgehead atoms. The number of halogens is 1. The van der Waals surface area contributed by atoms with E-state index in [0.717, 1.165) is 34.6 Å². The summed E-state index contributed by atoms with van der Waals surface area (Å²) >= 11 is 6.81. The Morgan fingerprint density at radius 1 is 1.23 bits per heavy atom. The van der Waals surface area contributed by atoms with Gasteiger partial charge in [-0.2, -0.15) is 0 Å². The van der Waals surface area contributed by atoms with Crippen LogP contribution in [0.3, 0.4) is 0 Å². The third-order valence-corrected chi connectivity index (χ3v) is 6.48. The maximum Gasteiger partial charge on any atom is 0.289 e. The van der Waals surface area contributed by atoms with Crippen LogP contribution in [0.25, 0.3) is 11.3 Å². The fourth-order valence-corrected chi connectivity index (χ4v) is 4.63. The number of nitro benzene ring substituents is 1. The van der Waals surface area contributed by atoms with Gasteiger partial charge in [0.25, 0.3) is 15.7 Å². The molecule has 0 spiro atoms. The second-order valence-electron chi connectivity index (χ2n) is 6.12. The Morgan fingerprint density at radius 2 is 1.93 bits per heavy atom. The summed E-state index contributed by atoms with van der Waals surface area (Å²) in [7, 11) is -4.08. The van der Waals surface area contributed by atoms with Gasteiger partial charge < -0.3 is 5.32 Å². The summed E-state index contributed by atoms with van der Waals surface area (Å²) in [5, 5.41) is 15.3. The van der Waals surface area contributed by atoms with Crippen LogP contribution in [0.2, 0.25) is 5.02 Å². The van der Waals surface area contributed by atoms with Crippen LogP contribution in [0.5, 0.6) is 0 Å². The molecule has 1 aromatic heterocycles. The van der Waals surface area contributed by atoms with Crippen molar-refractivity contribution in [1.82, 2.24) is 10.3 Å². The van der Waals surface area contributed by atoms with Crippen molar-refractivity contribution in [3.05, 3.63) is 68.5 Å². The molecule has 0 fully saturated rings. The topological polar surface area (TPSA) is 131 Å². The molecule has 0 aliphatic carbocycles. The first kappa shape index (κ1) is 21.7. The van der Waals surface area contributed by atoms with Crippen LogP contribution in [0, 0.1) is 10.1 Å². The number of hydrogen-bond acceptors (Lipinski definition) is 7. The van der Waals surface area contributed by atoms with E-state index in [9.17, 15) is 23.3 Å². The second kappa shape index (κ2) is 8.78. The Kier molecular flexibility index (Phi) is 6.34. The van der Waals surface area contributed by atoms with Gasteiger partial charge in [0, 0.05) is 30.5 Å². The summed E-state index contributed by atoms with van der Waals surface area (Å²) in [5.41, 5.74) is 1.74. The number of nitrogens with zero attached hydrogens (tertiary/aromatic N) is 2. The van der Waals surface area contributed by atoms with Gasteiger partial charge in [-0.05, 0) is 17.7 Å². The van der Waals surface area contributed by atoms with Crippen molar-refractivity contribution in [3.63, 3.8) is 0 Å². The van der Waals surface area contributed by atoms with Gasteiger partial charge in [0.05, 0.1) is 15.5 Å². The third kappa shape index (κ3) is 5.12. The number of aromatic nitrogens is 1. The van der Waals surface area contributed by atoms with Crippen molar-refractivity contribution in [2.75, 3.05) is 4.72 Å². The average Bonchev–Trinajstić information content (AvgIpc) is 3.14. The van der Waals surface area contributed by atoms with Crippen LogP contribution in [0.1, 0.15) is 12.5 Å². The van der Waals surface area contributed by atoms with E-state index in [4.69, 9.17) is 11.6 Å². The van der Waals surface area contributed by atoms with Crippen molar-refractivity contribution in [2.24, 2.45) is 0 Å². The van der Waals surface area contributed by atoms with Crippen molar-refractivity contribution >= 4 is 49.7 Å². The maximum atomic E-state index is 12.6. The number of anilines is 1. The fourth-order valence-electron chi connectivity index (χ4n) is 2.45. The fraction of sp³-hybridized carbons (Fsp3) is 0.111. The Morgan fingerprint density at radius 3 is 2.57 bits per heavy atom. The van der Waals surface area contributed by atoms with E-state index in [0.29, 0.717) is 12.2 Å². The highest BCUT2D eigenvalue weighted by Crippen LogP contribution is 2.30. The molecule has 9 nitrogen and oxygen atoms in total. The van der Waals surface area contributed by atoms with Crippen molar-refractivity contribution < 1.29 is 18.1 Å². The van der Waals surface area contributed by atoms with Crippen LogP contribution in [0.15, 0.2) is 52.7 Å². The van der Waals surface area contributed by atoms with E-state index in [2.05, 4.69) is 15.0 Å². The summed E-state index contributed by atoms with van der Waals surface area (Å²) in [5.74, 6) is -0.124. The van der Waals surface area contributed by atoms with Crippen LogP contribution in [-0.4, -0.2) is 24.2 Å². The van der Waals surface area contributed by atoms with Crippen LogP contribution < -0.4 is 10.0 Å². The zero-order valence-corrected chi connectivity index (χ0v) is 17.8. The number of carbonyl (C=O) groups excluding carboxylic acids is 1. The number of hydrogen-bond donors (Lipinski definition) is 2. The Hall–Kier alpha value is -3.02. The normalized spacial score (nSPS) is 11.1. The molecule has 3 rings (SSSR count). The summed E-state index contributed by atoms with van der Waals surface area (Å²) in [6, 6.07) is 10.5. The van der Waals surface area contributed by atoms with E-state index < -0.39 is 20.6 Å². The molecule has 3 aromatic rings. The predicted octanol–water partition coefficient (Wildman–Crippen LogP) is 3.81. The van der Waals surface area contributed by atoms with Crippen molar-refractivity contribution in [2.45, 2.75) is 18.4 Å². The molecule has 0 unspecified atom stereocenters. The predicted molar refractivity (Wildman–Crippen MR) is 114 cm³/mol. The minimum absolute atomic E-state index is 0.116. The highest BCUT2D eigenvalue weighted by atomic mass is 35.5. The molecule has 156 valence electrons. The standard InChI is InChI=1S/C18H15ClN4O5S2/c1-11(24)20-9-12-2-4-13(5-3-12)16-10-29-18(21-16)22-30(27,28)14-6-7-15(19)17(8-14)23(25)26/h2-8,10H,9H2,1H3,(H,20,24)(H,21,22). The smallest absolute Gasteiger partial charge is 0.289 e. The number of nitro groups is 1. The number of thiazole rings is 1. The van der Waals surface area contributed by atoms with E-state index in [1.807, 2.05) is 24.3 Å². The lowest BCUT2D eigenvalue weighted by Crippen LogP contribution is -2.18. The molecule has 12 heteroatoms. The van der Waals surface area contributed by atoms with E-state index in [1.165, 1.54) is 13.0 Å². The second-order valence-corrected chi connectivity index (χ2v) is 9.07. The van der Waals surface area contributed by atoms with Gasteiger partial charge >= 0.3 is 0 Å². The molecular formula is C18H15ClN4O5S2. The first-order chi connectivity index (χ1) is 14.2. The van der Waals surface area contributed by atoms with Gasteiger partial charge in [-0.15, -0.1) is 11.3 Å². The Labute approximate surface area is 180 Å². The zero-order valence-electron chi connectivity index (χ0n) is 15.5. The largest absolute Gasteiger partial charge is 0.352 e. The number of benzene rings is 2. The van der Waals surface area contributed by atoms with Crippen LogP contribution >= 0.6 is 22.9 Å². The lowest BCUT2D eigenvalue weighted by atomic mass is 10.1. The average molecular weight is 467 g/mol. The molecule has 0 saturated carbocycles. The molecule has 1 heterocycles. The highest BCUT2D eigenvalue weighted by molar-refractivity contribution is 7.93. The Balaban J connectivity index is 1.77. The SMILES string of the molecule is CC(=O)NCc1ccc(-c2csc(NS(=O)(=O)c3ccc(Cl)c([N+](=O)[O-])c3)n2)cc1. The van der Waals surface area contributed by atoms with E-state index in [-0.39, 0.29) is 21.0 Å². The minimum Gasteiger partial charge on any atom is -0.352 e. The van der Waals surface area contributed by atoms with Gasteiger partial charge in [0.15, 0.2) is 5.13 Å². The van der Waals surface area contributed by atoms with Crippen molar-refractivity contribution in [1.29, 1.82) is 0 Å². The minimum atomic E-state index is -4.08. The Bertz CT molecular complexity index is 1210. The lowest BCUT2D eigenvalue weighted by Gasteiger charge is -2.06. The number of sulfonamides is 1. The number of amides is 1. The number of nitrogens with one attached hydrogen (secondary N) is 2. The summed E-state index contributed by atoms with van der Waals surface area (Å²) in [6.07, 6.45) is 0. The quantitative estimate of drug-likeness (QED) is 0.402. The first-order valence-electron chi connectivity index (χ1n) is 8.42. The molecule has 0 aliphatic rings. The monoisotopic (exact) mass is 466 g/mol. The molecule has 2 aromatic carbocycles. The summed E-state index contributed by atoms with van der Waals surface area (Å²) in [4.78, 5) is 25.2. The van der Waals surface area contributed by atoms with Gasteiger partial charge in [0.2, 0.25) is 5.91 Å². The number of carbonyl (C=O) groups is 1. The molecule has 0 atom stereocenters. The maximum absolute atomic E-state index is 12.6. The van der Waals surface area contributed by atoms with Gasteiger partial charge in [-0.1, -0.05) is 35.9 Å². The molecule has 0 saturated heterocycles. The zero-order chi connectivity index (χ0) is 21.9.